The van der Waals surface area contributed by atoms with Crippen LogP contribution >= 0.6 is 11.8 Å². The summed E-state index contributed by atoms with van der Waals surface area (Å²) in [6.45, 7) is 7.89. The summed E-state index contributed by atoms with van der Waals surface area (Å²) >= 11 is 2.12. The highest BCUT2D eigenvalue weighted by atomic mass is 32.2. The molecule has 2 aliphatic rings. The van der Waals surface area contributed by atoms with Crippen LogP contribution in [0.3, 0.4) is 0 Å². The van der Waals surface area contributed by atoms with Gasteiger partial charge < -0.3 is 0 Å². The maximum Gasteiger partial charge on any atom is 0.128 e. The molecule has 3 rings (SSSR count). The van der Waals surface area contributed by atoms with E-state index in [0.29, 0.717) is 0 Å². The van der Waals surface area contributed by atoms with E-state index in [1.54, 1.807) is 0 Å². The predicted molar refractivity (Wildman–Crippen MR) is 88.6 cm³/mol. The summed E-state index contributed by atoms with van der Waals surface area (Å²) in [6.07, 6.45) is 5.59. The number of hydrogen-bond donors (Lipinski definition) is 0. The molecular weight excluding hydrogens is 280 g/mol. The zero-order valence-electron chi connectivity index (χ0n) is 13.0. The van der Waals surface area contributed by atoms with Crippen molar-refractivity contribution >= 4 is 11.8 Å². The van der Waals surface area contributed by atoms with Gasteiger partial charge in [-0.15, -0.1) is 0 Å². The Hall–Kier alpha value is -0.650. The lowest BCUT2D eigenvalue weighted by Gasteiger charge is -2.40. The number of aromatic nitrogens is 2. The quantitative estimate of drug-likeness (QED) is 0.850. The van der Waals surface area contributed by atoms with Crippen LogP contribution in [0.15, 0.2) is 12.3 Å². The van der Waals surface area contributed by atoms with Crippen LogP contribution in [0.25, 0.3) is 0 Å². The topological polar surface area (TPSA) is 32.3 Å². The van der Waals surface area contributed by atoms with E-state index in [9.17, 15) is 0 Å². The van der Waals surface area contributed by atoms with Crippen LogP contribution in [0.4, 0.5) is 0 Å². The Bertz CT molecular complexity index is 440. The molecule has 0 unspecified atom stereocenters. The Balaban J connectivity index is 1.48. The highest BCUT2D eigenvalue weighted by molar-refractivity contribution is 7.99. The van der Waals surface area contributed by atoms with E-state index < -0.39 is 0 Å². The molecule has 3 heterocycles. The molecule has 0 aliphatic carbocycles. The summed E-state index contributed by atoms with van der Waals surface area (Å²) in [5, 5.41) is 0. The molecule has 0 bridgehead atoms. The molecule has 21 heavy (non-hydrogen) atoms. The number of hydrogen-bond acceptors (Lipinski definition) is 5. The third-order valence-electron chi connectivity index (χ3n) is 4.58. The summed E-state index contributed by atoms with van der Waals surface area (Å²) in [5.74, 6) is 3.67. The Morgan fingerprint density at radius 1 is 1.19 bits per heavy atom. The van der Waals surface area contributed by atoms with Crippen LogP contribution in [0.2, 0.25) is 0 Å². The van der Waals surface area contributed by atoms with Gasteiger partial charge in [0.05, 0.1) is 5.69 Å². The van der Waals surface area contributed by atoms with Gasteiger partial charge in [-0.1, -0.05) is 6.92 Å². The Labute approximate surface area is 132 Å². The van der Waals surface area contributed by atoms with Crippen molar-refractivity contribution in [2.75, 3.05) is 37.7 Å². The summed E-state index contributed by atoms with van der Waals surface area (Å²) in [4.78, 5) is 14.2. The van der Waals surface area contributed by atoms with Crippen molar-refractivity contribution < 1.29 is 0 Å². The van der Waals surface area contributed by atoms with Gasteiger partial charge in [-0.05, 0) is 30.4 Å². The van der Waals surface area contributed by atoms with Crippen molar-refractivity contribution in [2.45, 2.75) is 38.8 Å². The third kappa shape index (κ3) is 4.18. The molecule has 2 saturated heterocycles. The van der Waals surface area contributed by atoms with Crippen molar-refractivity contribution in [3.05, 3.63) is 23.8 Å². The highest BCUT2D eigenvalue weighted by Crippen LogP contribution is 2.22. The van der Waals surface area contributed by atoms with Crippen LogP contribution in [0.5, 0.6) is 0 Å². The molecule has 4 nitrogen and oxygen atoms in total. The molecule has 0 saturated carbocycles. The lowest BCUT2D eigenvalue weighted by atomic mass is 10.1. The molecule has 0 radical (unpaired) electrons. The molecule has 2 fully saturated rings. The van der Waals surface area contributed by atoms with Gasteiger partial charge in [0.2, 0.25) is 0 Å². The van der Waals surface area contributed by atoms with E-state index in [0.717, 1.165) is 24.8 Å². The van der Waals surface area contributed by atoms with Crippen LogP contribution in [-0.4, -0.2) is 63.5 Å². The van der Waals surface area contributed by atoms with Crippen molar-refractivity contribution in [3.63, 3.8) is 0 Å². The average Bonchev–Trinajstić information content (AvgIpc) is 2.56. The van der Waals surface area contributed by atoms with Crippen molar-refractivity contribution in [2.24, 2.45) is 0 Å². The van der Waals surface area contributed by atoms with Crippen LogP contribution in [-0.2, 0) is 13.0 Å². The van der Waals surface area contributed by atoms with Crippen molar-refractivity contribution in [1.29, 1.82) is 0 Å². The van der Waals surface area contributed by atoms with E-state index in [1.807, 2.05) is 6.20 Å². The first-order chi connectivity index (χ1) is 10.3. The normalized spacial score (nSPS) is 22.5. The monoisotopic (exact) mass is 306 g/mol. The minimum Gasteiger partial charge on any atom is -0.298 e. The Morgan fingerprint density at radius 2 is 1.95 bits per heavy atom. The summed E-state index contributed by atoms with van der Waals surface area (Å²) in [6, 6.07) is 2.91. The minimum absolute atomic E-state index is 0.846. The van der Waals surface area contributed by atoms with Gasteiger partial charge in [0.15, 0.2) is 0 Å². The van der Waals surface area contributed by atoms with E-state index in [-0.39, 0.29) is 0 Å². The van der Waals surface area contributed by atoms with Gasteiger partial charge in [0, 0.05) is 51.4 Å². The van der Waals surface area contributed by atoms with Crippen molar-refractivity contribution in [3.8, 4) is 0 Å². The number of thioether (sulfide) groups is 1. The zero-order chi connectivity index (χ0) is 14.5. The first-order valence-electron chi connectivity index (χ1n) is 8.20. The molecule has 5 heteroatoms. The van der Waals surface area contributed by atoms with Crippen LogP contribution < -0.4 is 0 Å². The van der Waals surface area contributed by atoms with Gasteiger partial charge in [0.25, 0.3) is 0 Å². The van der Waals surface area contributed by atoms with Gasteiger partial charge in [-0.2, -0.15) is 11.8 Å². The molecular formula is C16H26N4S. The van der Waals surface area contributed by atoms with E-state index in [2.05, 4.69) is 44.5 Å². The van der Waals surface area contributed by atoms with Gasteiger partial charge >= 0.3 is 0 Å². The summed E-state index contributed by atoms with van der Waals surface area (Å²) < 4.78 is 0. The Morgan fingerprint density at radius 3 is 2.67 bits per heavy atom. The standard InChI is InChI=1S/C16H26N4S/c1-2-16-17-6-3-14(18-16)13-19-7-9-20(10-8-19)15-4-11-21-12-5-15/h3,6,15H,2,4-5,7-13H2,1H3. The first-order valence-corrected chi connectivity index (χ1v) is 9.35. The third-order valence-corrected chi connectivity index (χ3v) is 5.63. The molecule has 0 spiro atoms. The molecule has 0 N–H and O–H groups in total. The van der Waals surface area contributed by atoms with Crippen molar-refractivity contribution in [1.82, 2.24) is 19.8 Å². The number of piperazine rings is 1. The predicted octanol–water partition coefficient (Wildman–Crippen LogP) is 2.05. The first kappa shape index (κ1) is 15.3. The second-order valence-corrected chi connectivity index (χ2v) is 7.20. The number of rotatable bonds is 4. The molecule has 0 aromatic carbocycles. The summed E-state index contributed by atoms with van der Waals surface area (Å²) in [7, 11) is 0. The number of nitrogens with zero attached hydrogens (tertiary/aromatic N) is 4. The highest BCUT2D eigenvalue weighted by Gasteiger charge is 2.25. The lowest BCUT2D eigenvalue weighted by molar-refractivity contribution is 0.0872. The molecule has 0 atom stereocenters. The lowest BCUT2D eigenvalue weighted by Crippen LogP contribution is -2.50. The summed E-state index contributed by atoms with van der Waals surface area (Å²) in [5.41, 5.74) is 1.17. The van der Waals surface area contributed by atoms with E-state index in [4.69, 9.17) is 0 Å². The zero-order valence-corrected chi connectivity index (χ0v) is 13.8. The molecule has 116 valence electrons. The van der Waals surface area contributed by atoms with Crippen LogP contribution in [0, 0.1) is 0 Å². The molecule has 2 aliphatic heterocycles. The SMILES string of the molecule is CCc1nccc(CN2CCN(C3CCSCC3)CC2)n1. The number of aryl methyl sites for hydroxylation is 1. The van der Waals surface area contributed by atoms with Gasteiger partial charge in [-0.3, -0.25) is 9.80 Å². The average molecular weight is 306 g/mol. The molecule has 1 aromatic heterocycles. The fourth-order valence-electron chi connectivity index (χ4n) is 3.27. The largest absolute Gasteiger partial charge is 0.298 e. The second-order valence-electron chi connectivity index (χ2n) is 5.97. The fraction of sp³-hybridized carbons (Fsp3) is 0.750. The van der Waals surface area contributed by atoms with Gasteiger partial charge in [-0.25, -0.2) is 9.97 Å². The van der Waals surface area contributed by atoms with E-state index in [1.165, 1.54) is 56.2 Å². The maximum atomic E-state index is 4.63. The molecule has 1 aromatic rings. The minimum atomic E-state index is 0.846. The van der Waals surface area contributed by atoms with Crippen LogP contribution in [0.1, 0.15) is 31.3 Å². The maximum absolute atomic E-state index is 4.63. The Kier molecular flexibility index (Phi) is 5.49. The second kappa shape index (κ2) is 7.56. The van der Waals surface area contributed by atoms with Gasteiger partial charge in [0.1, 0.15) is 5.82 Å². The van der Waals surface area contributed by atoms with E-state index >= 15 is 0 Å². The smallest absolute Gasteiger partial charge is 0.128 e. The molecule has 0 amide bonds. The fourth-order valence-corrected chi connectivity index (χ4v) is 4.35.